The van der Waals surface area contributed by atoms with Crippen LogP contribution in [-0.2, 0) is 15.1 Å². The Balaban J connectivity index is 3.24. The van der Waals surface area contributed by atoms with E-state index in [9.17, 15) is 4.79 Å². The molecule has 1 unspecified atom stereocenters. The zero-order chi connectivity index (χ0) is 13.8. The fourth-order valence-corrected chi connectivity index (χ4v) is 1.87. The van der Waals surface area contributed by atoms with Gasteiger partial charge in [0.1, 0.15) is 17.1 Å². The molecule has 0 aliphatic carbocycles. The quantitative estimate of drug-likeness (QED) is 0.756. The molecule has 1 aromatic carbocycles. The maximum Gasteiger partial charge on any atom is 0.303 e. The number of carbonyl (C=O) groups is 1. The van der Waals surface area contributed by atoms with Crippen LogP contribution >= 0.6 is 0 Å². The lowest BCUT2D eigenvalue weighted by molar-refractivity contribution is -0.156. The Morgan fingerprint density at radius 3 is 2.39 bits per heavy atom. The number of carbonyl (C=O) groups excluding carboxylic acids is 1. The predicted molar refractivity (Wildman–Crippen MR) is 69.0 cm³/mol. The average molecular weight is 252 g/mol. The van der Waals surface area contributed by atoms with Gasteiger partial charge in [0.15, 0.2) is 0 Å². The first-order valence-corrected chi connectivity index (χ1v) is 5.89. The van der Waals surface area contributed by atoms with E-state index in [1.54, 1.807) is 20.3 Å². The zero-order valence-corrected chi connectivity index (χ0v) is 11.6. The second-order valence-corrected chi connectivity index (χ2v) is 4.24. The summed E-state index contributed by atoms with van der Waals surface area (Å²) in [6, 6.07) is 5.48. The highest BCUT2D eigenvalue weighted by Gasteiger charge is 2.31. The van der Waals surface area contributed by atoms with E-state index in [1.165, 1.54) is 6.92 Å². The lowest BCUT2D eigenvalue weighted by Gasteiger charge is -2.30. The van der Waals surface area contributed by atoms with Crippen molar-refractivity contribution in [3.63, 3.8) is 0 Å². The summed E-state index contributed by atoms with van der Waals surface area (Å²) in [6.45, 7) is 5.25. The van der Waals surface area contributed by atoms with E-state index in [0.29, 0.717) is 17.9 Å². The van der Waals surface area contributed by atoms with Gasteiger partial charge in [0.2, 0.25) is 0 Å². The van der Waals surface area contributed by atoms with E-state index in [-0.39, 0.29) is 5.97 Å². The van der Waals surface area contributed by atoms with Gasteiger partial charge in [0.25, 0.3) is 0 Å². The van der Waals surface area contributed by atoms with Crippen molar-refractivity contribution in [2.24, 2.45) is 0 Å². The molecule has 0 N–H and O–H groups in total. The van der Waals surface area contributed by atoms with Gasteiger partial charge in [-0.25, -0.2) is 0 Å². The fourth-order valence-electron chi connectivity index (χ4n) is 1.87. The fraction of sp³-hybridized carbons (Fsp3) is 0.500. The number of benzene rings is 1. The van der Waals surface area contributed by atoms with E-state index in [4.69, 9.17) is 14.2 Å². The molecule has 0 aromatic heterocycles. The van der Waals surface area contributed by atoms with Crippen LogP contribution in [0, 0.1) is 0 Å². The minimum Gasteiger partial charge on any atom is -0.497 e. The molecule has 1 atom stereocenters. The minimum atomic E-state index is -0.691. The summed E-state index contributed by atoms with van der Waals surface area (Å²) in [7, 11) is 3.18. The summed E-state index contributed by atoms with van der Waals surface area (Å²) in [5.41, 5.74) is 0.146. The SMILES string of the molecule is CCC(C)(OC(C)=O)c1ccc(OC)cc1OC. The summed E-state index contributed by atoms with van der Waals surface area (Å²) in [5.74, 6) is 1.05. The van der Waals surface area contributed by atoms with Crippen LogP contribution in [0.25, 0.3) is 0 Å². The largest absolute Gasteiger partial charge is 0.497 e. The topological polar surface area (TPSA) is 44.8 Å². The highest BCUT2D eigenvalue weighted by Crippen LogP contribution is 2.37. The second-order valence-electron chi connectivity index (χ2n) is 4.24. The Morgan fingerprint density at radius 1 is 1.28 bits per heavy atom. The van der Waals surface area contributed by atoms with Crippen molar-refractivity contribution in [1.82, 2.24) is 0 Å². The standard InChI is InChI=1S/C14H20O4/c1-6-14(3,18-10(2)15)12-8-7-11(16-4)9-13(12)17-5/h7-9H,6H2,1-5H3. The van der Waals surface area contributed by atoms with Crippen LogP contribution in [0.5, 0.6) is 11.5 Å². The van der Waals surface area contributed by atoms with E-state index in [0.717, 1.165) is 5.56 Å². The molecule has 0 aliphatic rings. The summed E-state index contributed by atoms with van der Waals surface area (Å²) in [4.78, 5) is 11.2. The van der Waals surface area contributed by atoms with Gasteiger partial charge < -0.3 is 14.2 Å². The Labute approximate surface area is 108 Å². The third-order valence-electron chi connectivity index (χ3n) is 3.02. The Hall–Kier alpha value is -1.71. The van der Waals surface area contributed by atoms with Crippen molar-refractivity contribution < 1.29 is 19.0 Å². The molecule has 0 saturated carbocycles. The van der Waals surface area contributed by atoms with Gasteiger partial charge in [-0.15, -0.1) is 0 Å². The van der Waals surface area contributed by atoms with Gasteiger partial charge in [-0.05, 0) is 25.5 Å². The molecule has 0 aliphatic heterocycles. The van der Waals surface area contributed by atoms with Crippen LogP contribution in [0.15, 0.2) is 18.2 Å². The molecular formula is C14H20O4. The summed E-state index contributed by atoms with van der Waals surface area (Å²) in [5, 5.41) is 0. The van der Waals surface area contributed by atoms with Crippen molar-refractivity contribution in [3.05, 3.63) is 23.8 Å². The van der Waals surface area contributed by atoms with Crippen LogP contribution in [0.1, 0.15) is 32.8 Å². The molecular weight excluding hydrogens is 232 g/mol. The van der Waals surface area contributed by atoms with Crippen LogP contribution in [0.3, 0.4) is 0 Å². The third kappa shape index (κ3) is 2.94. The van der Waals surface area contributed by atoms with Crippen molar-refractivity contribution in [2.75, 3.05) is 14.2 Å². The first-order valence-electron chi connectivity index (χ1n) is 5.89. The molecule has 0 saturated heterocycles. The summed E-state index contributed by atoms with van der Waals surface area (Å²) in [6.07, 6.45) is 0.662. The Kier molecular flexibility index (Phi) is 4.59. The number of rotatable bonds is 5. The molecule has 0 amide bonds. The van der Waals surface area contributed by atoms with Crippen LogP contribution in [-0.4, -0.2) is 20.2 Å². The van der Waals surface area contributed by atoms with E-state index < -0.39 is 5.60 Å². The molecule has 4 heteroatoms. The number of methoxy groups -OCH3 is 2. The Morgan fingerprint density at radius 2 is 1.94 bits per heavy atom. The van der Waals surface area contributed by atoms with Crippen molar-refractivity contribution >= 4 is 5.97 Å². The van der Waals surface area contributed by atoms with Crippen LogP contribution in [0.2, 0.25) is 0 Å². The highest BCUT2D eigenvalue weighted by atomic mass is 16.6. The normalized spacial score (nSPS) is 13.6. The molecule has 0 radical (unpaired) electrons. The van der Waals surface area contributed by atoms with Crippen molar-refractivity contribution in [1.29, 1.82) is 0 Å². The van der Waals surface area contributed by atoms with Gasteiger partial charge in [0.05, 0.1) is 14.2 Å². The van der Waals surface area contributed by atoms with Crippen LogP contribution in [0.4, 0.5) is 0 Å². The molecule has 0 fully saturated rings. The molecule has 18 heavy (non-hydrogen) atoms. The molecule has 0 spiro atoms. The van der Waals surface area contributed by atoms with Gasteiger partial charge in [-0.1, -0.05) is 6.92 Å². The summed E-state index contributed by atoms with van der Waals surface area (Å²) < 4.78 is 15.9. The molecule has 0 bridgehead atoms. The molecule has 0 heterocycles. The molecule has 4 nitrogen and oxygen atoms in total. The third-order valence-corrected chi connectivity index (χ3v) is 3.02. The first-order chi connectivity index (χ1) is 8.46. The number of hydrogen-bond acceptors (Lipinski definition) is 4. The number of esters is 1. The van der Waals surface area contributed by atoms with Gasteiger partial charge in [0, 0.05) is 18.6 Å². The lowest BCUT2D eigenvalue weighted by atomic mass is 9.92. The summed E-state index contributed by atoms with van der Waals surface area (Å²) >= 11 is 0. The highest BCUT2D eigenvalue weighted by molar-refractivity contribution is 5.67. The van der Waals surface area contributed by atoms with Gasteiger partial charge in [-0.2, -0.15) is 0 Å². The molecule has 1 aromatic rings. The lowest BCUT2D eigenvalue weighted by Crippen LogP contribution is -2.28. The number of hydrogen-bond donors (Lipinski definition) is 0. The van der Waals surface area contributed by atoms with Gasteiger partial charge >= 0.3 is 5.97 Å². The smallest absolute Gasteiger partial charge is 0.303 e. The van der Waals surface area contributed by atoms with Gasteiger partial charge in [-0.3, -0.25) is 4.79 Å². The van der Waals surface area contributed by atoms with Crippen LogP contribution < -0.4 is 9.47 Å². The molecule has 100 valence electrons. The van der Waals surface area contributed by atoms with E-state index in [1.807, 2.05) is 26.0 Å². The predicted octanol–water partition coefficient (Wildman–Crippen LogP) is 2.89. The Bertz CT molecular complexity index is 428. The number of ether oxygens (including phenoxy) is 3. The maximum atomic E-state index is 11.2. The molecule has 1 rings (SSSR count). The van der Waals surface area contributed by atoms with E-state index in [2.05, 4.69) is 0 Å². The maximum absolute atomic E-state index is 11.2. The monoisotopic (exact) mass is 252 g/mol. The first kappa shape index (κ1) is 14.4. The van der Waals surface area contributed by atoms with Crippen molar-refractivity contribution in [2.45, 2.75) is 32.8 Å². The second kappa shape index (κ2) is 5.76. The average Bonchev–Trinajstić information content (AvgIpc) is 2.36. The minimum absolute atomic E-state index is 0.308. The van der Waals surface area contributed by atoms with Crippen molar-refractivity contribution in [3.8, 4) is 11.5 Å². The van der Waals surface area contributed by atoms with E-state index >= 15 is 0 Å². The zero-order valence-electron chi connectivity index (χ0n) is 11.6.